The van der Waals surface area contributed by atoms with Crippen LogP contribution in [-0.2, 0) is 11.2 Å². The van der Waals surface area contributed by atoms with Gasteiger partial charge in [0, 0.05) is 18.7 Å². The molecular formula is C11H13NO. The number of nitrogens with zero attached hydrogens (tertiary/aromatic N) is 1. The Morgan fingerprint density at radius 1 is 1.54 bits per heavy atom. The largest absolute Gasteiger partial charge is 0.361 e. The molecule has 0 aromatic heterocycles. The van der Waals surface area contributed by atoms with Crippen LogP contribution in [0.1, 0.15) is 12.5 Å². The van der Waals surface area contributed by atoms with Gasteiger partial charge in [-0.3, -0.25) is 0 Å². The zero-order valence-corrected chi connectivity index (χ0v) is 7.73. The first kappa shape index (κ1) is 8.30. The number of rotatable bonds is 2. The summed E-state index contributed by atoms with van der Waals surface area (Å²) in [4.78, 5) is 13.0. The third-order valence-electron chi connectivity index (χ3n) is 2.63. The van der Waals surface area contributed by atoms with Gasteiger partial charge in [0.2, 0.25) is 0 Å². The van der Waals surface area contributed by atoms with Gasteiger partial charge in [-0.05, 0) is 18.6 Å². The summed E-state index contributed by atoms with van der Waals surface area (Å²) in [5.74, 6) is 0. The number of carbonyl (C=O) groups excluding carboxylic acids is 1. The van der Waals surface area contributed by atoms with Crippen LogP contribution in [-0.4, -0.2) is 18.9 Å². The summed E-state index contributed by atoms with van der Waals surface area (Å²) in [7, 11) is 0. The normalized spacial score (nSPS) is 20.1. The minimum absolute atomic E-state index is 0.0578. The van der Waals surface area contributed by atoms with Gasteiger partial charge >= 0.3 is 0 Å². The predicted molar refractivity (Wildman–Crippen MR) is 53.0 cm³/mol. The second kappa shape index (κ2) is 3.21. The molecule has 0 spiro atoms. The smallest absolute Gasteiger partial charge is 0.142 e. The van der Waals surface area contributed by atoms with Gasteiger partial charge < -0.3 is 9.69 Å². The predicted octanol–water partition coefficient (Wildman–Crippen LogP) is 1.64. The summed E-state index contributed by atoms with van der Waals surface area (Å²) in [6, 6.07) is 8.29. The van der Waals surface area contributed by atoms with Crippen molar-refractivity contribution in [2.45, 2.75) is 19.4 Å². The number of carbonyl (C=O) groups is 1. The minimum Gasteiger partial charge on any atom is -0.361 e. The van der Waals surface area contributed by atoms with Crippen LogP contribution in [0.4, 0.5) is 5.69 Å². The van der Waals surface area contributed by atoms with Crippen molar-refractivity contribution in [1.82, 2.24) is 0 Å². The van der Waals surface area contributed by atoms with Crippen molar-refractivity contribution in [2.24, 2.45) is 0 Å². The van der Waals surface area contributed by atoms with Crippen LogP contribution in [0.5, 0.6) is 0 Å². The molecule has 2 heteroatoms. The highest BCUT2D eigenvalue weighted by atomic mass is 16.1. The van der Waals surface area contributed by atoms with Crippen LogP contribution in [0.3, 0.4) is 0 Å². The Bertz CT molecular complexity index is 322. The average Bonchev–Trinajstić information content (AvgIpc) is 2.55. The van der Waals surface area contributed by atoms with E-state index in [-0.39, 0.29) is 6.04 Å². The van der Waals surface area contributed by atoms with E-state index in [0.29, 0.717) is 0 Å². The molecule has 0 unspecified atom stereocenters. The second-order valence-corrected chi connectivity index (χ2v) is 3.32. The Labute approximate surface area is 78.2 Å². The summed E-state index contributed by atoms with van der Waals surface area (Å²) in [5, 5.41) is 0. The molecule has 1 atom stereocenters. The lowest BCUT2D eigenvalue weighted by atomic mass is 10.1. The molecule has 0 radical (unpaired) electrons. The maximum absolute atomic E-state index is 10.8. The van der Waals surface area contributed by atoms with Crippen molar-refractivity contribution in [3.63, 3.8) is 0 Å². The third-order valence-corrected chi connectivity index (χ3v) is 2.63. The van der Waals surface area contributed by atoms with Gasteiger partial charge in [0.15, 0.2) is 0 Å². The topological polar surface area (TPSA) is 20.3 Å². The third kappa shape index (κ3) is 1.22. The van der Waals surface area contributed by atoms with Crippen LogP contribution >= 0.6 is 0 Å². The lowest BCUT2D eigenvalue weighted by Gasteiger charge is -2.21. The maximum atomic E-state index is 10.8. The van der Waals surface area contributed by atoms with Crippen LogP contribution in [0.15, 0.2) is 24.3 Å². The summed E-state index contributed by atoms with van der Waals surface area (Å²) in [5.41, 5.74) is 2.52. The molecule has 68 valence electrons. The van der Waals surface area contributed by atoms with Crippen molar-refractivity contribution in [3.05, 3.63) is 29.8 Å². The first-order valence-electron chi connectivity index (χ1n) is 4.66. The first-order valence-corrected chi connectivity index (χ1v) is 4.66. The Morgan fingerprint density at radius 3 is 3.00 bits per heavy atom. The van der Waals surface area contributed by atoms with E-state index in [9.17, 15) is 4.79 Å². The summed E-state index contributed by atoms with van der Waals surface area (Å²) in [6.45, 7) is 2.99. The van der Waals surface area contributed by atoms with E-state index in [1.54, 1.807) is 0 Å². The number of fused-ring (bicyclic) bond motifs is 1. The first-order chi connectivity index (χ1) is 6.36. The zero-order valence-electron chi connectivity index (χ0n) is 7.73. The van der Waals surface area contributed by atoms with Crippen molar-refractivity contribution < 1.29 is 4.79 Å². The average molecular weight is 175 g/mol. The fourth-order valence-electron chi connectivity index (χ4n) is 2.00. The van der Waals surface area contributed by atoms with E-state index < -0.39 is 0 Å². The Hall–Kier alpha value is -1.31. The quantitative estimate of drug-likeness (QED) is 0.637. The van der Waals surface area contributed by atoms with Gasteiger partial charge in [-0.2, -0.15) is 0 Å². The SMILES string of the molecule is CCN1c2ccccc2C[C@@H]1C=O. The number of aldehydes is 1. The van der Waals surface area contributed by atoms with E-state index in [1.165, 1.54) is 11.3 Å². The number of likely N-dealkylation sites (N-methyl/N-ethyl adjacent to an activating group) is 1. The lowest BCUT2D eigenvalue weighted by Crippen LogP contribution is -2.32. The molecule has 2 rings (SSSR count). The fourth-order valence-corrected chi connectivity index (χ4v) is 2.00. The molecule has 2 nitrogen and oxygen atoms in total. The summed E-state index contributed by atoms with van der Waals surface area (Å²) >= 11 is 0. The van der Waals surface area contributed by atoms with Gasteiger partial charge in [-0.1, -0.05) is 18.2 Å². The standard InChI is InChI=1S/C11H13NO/c1-2-12-10(8-13)7-9-5-3-4-6-11(9)12/h3-6,8,10H,2,7H2,1H3/t10-/m1/s1. The van der Waals surface area contributed by atoms with Crippen molar-refractivity contribution >= 4 is 12.0 Å². The molecule has 0 amide bonds. The van der Waals surface area contributed by atoms with E-state index >= 15 is 0 Å². The monoisotopic (exact) mass is 175 g/mol. The van der Waals surface area contributed by atoms with E-state index in [1.807, 2.05) is 12.1 Å². The zero-order chi connectivity index (χ0) is 9.26. The summed E-state index contributed by atoms with van der Waals surface area (Å²) in [6.07, 6.45) is 1.91. The van der Waals surface area contributed by atoms with Crippen LogP contribution < -0.4 is 4.90 Å². The van der Waals surface area contributed by atoms with Crippen LogP contribution in [0, 0.1) is 0 Å². The Kier molecular flexibility index (Phi) is 2.05. The van der Waals surface area contributed by atoms with E-state index in [4.69, 9.17) is 0 Å². The molecule has 0 saturated carbocycles. The van der Waals surface area contributed by atoms with Gasteiger partial charge in [0.25, 0.3) is 0 Å². The number of hydrogen-bond donors (Lipinski definition) is 0. The highest BCUT2D eigenvalue weighted by molar-refractivity contribution is 5.73. The molecule has 1 aliphatic rings. The molecule has 0 saturated heterocycles. The van der Waals surface area contributed by atoms with Crippen LogP contribution in [0.25, 0.3) is 0 Å². The molecule has 1 aromatic rings. The minimum atomic E-state index is 0.0578. The van der Waals surface area contributed by atoms with Crippen molar-refractivity contribution in [1.29, 1.82) is 0 Å². The van der Waals surface area contributed by atoms with Crippen molar-refractivity contribution in [2.75, 3.05) is 11.4 Å². The Morgan fingerprint density at radius 2 is 2.31 bits per heavy atom. The molecular weight excluding hydrogens is 162 g/mol. The number of anilines is 1. The van der Waals surface area contributed by atoms with Gasteiger partial charge in [-0.25, -0.2) is 0 Å². The summed E-state index contributed by atoms with van der Waals surface area (Å²) < 4.78 is 0. The molecule has 13 heavy (non-hydrogen) atoms. The molecule has 0 aliphatic carbocycles. The van der Waals surface area contributed by atoms with Gasteiger partial charge in [0.1, 0.15) is 6.29 Å². The molecule has 0 fully saturated rings. The highest BCUT2D eigenvalue weighted by Gasteiger charge is 2.26. The number of para-hydroxylation sites is 1. The van der Waals surface area contributed by atoms with Gasteiger partial charge in [-0.15, -0.1) is 0 Å². The van der Waals surface area contributed by atoms with Gasteiger partial charge in [0.05, 0.1) is 6.04 Å². The lowest BCUT2D eigenvalue weighted by molar-refractivity contribution is -0.108. The number of benzene rings is 1. The molecule has 0 N–H and O–H groups in total. The second-order valence-electron chi connectivity index (χ2n) is 3.32. The highest BCUT2D eigenvalue weighted by Crippen LogP contribution is 2.30. The van der Waals surface area contributed by atoms with Crippen molar-refractivity contribution in [3.8, 4) is 0 Å². The molecule has 1 aliphatic heterocycles. The molecule has 1 aromatic carbocycles. The molecule has 1 heterocycles. The van der Waals surface area contributed by atoms with Crippen LogP contribution in [0.2, 0.25) is 0 Å². The number of hydrogen-bond acceptors (Lipinski definition) is 2. The van der Waals surface area contributed by atoms with E-state index in [0.717, 1.165) is 19.3 Å². The molecule has 0 bridgehead atoms. The fraction of sp³-hybridized carbons (Fsp3) is 0.364. The Balaban J connectivity index is 2.39. The van der Waals surface area contributed by atoms with E-state index in [2.05, 4.69) is 24.0 Å². The maximum Gasteiger partial charge on any atom is 0.142 e.